The molecule has 0 aromatic rings. The first-order valence-corrected chi connectivity index (χ1v) is 2.32. The molecular formula is C4H5F4NO. The first-order valence-electron chi connectivity index (χ1n) is 2.32. The van der Waals surface area contributed by atoms with Crippen LogP contribution >= 0.6 is 0 Å². The fraction of sp³-hybridized carbons (Fsp3) is 0.750. The van der Waals surface area contributed by atoms with Gasteiger partial charge in [-0.25, -0.2) is 4.39 Å². The van der Waals surface area contributed by atoms with Crippen molar-refractivity contribution in [3.8, 4) is 0 Å². The third-order valence-electron chi connectivity index (χ3n) is 0.764. The van der Waals surface area contributed by atoms with Crippen LogP contribution < -0.4 is 5.32 Å². The number of carbonyl (C=O) groups is 1. The van der Waals surface area contributed by atoms with Crippen LogP contribution in [0.3, 0.4) is 0 Å². The highest BCUT2D eigenvalue weighted by atomic mass is 19.4. The highest BCUT2D eigenvalue weighted by Gasteiger charge is 2.45. The molecule has 0 spiro atoms. The molecule has 6 heteroatoms. The van der Waals surface area contributed by atoms with Crippen LogP contribution in [0.15, 0.2) is 0 Å². The molecule has 2 nitrogen and oxygen atoms in total. The SMILES string of the molecule is CNC(=O)C(F)C(F)(F)F. The second kappa shape index (κ2) is 2.85. The fourth-order valence-corrected chi connectivity index (χ4v) is 0.275. The molecule has 0 fully saturated rings. The van der Waals surface area contributed by atoms with Crippen LogP contribution in [0.1, 0.15) is 0 Å². The van der Waals surface area contributed by atoms with E-state index in [2.05, 4.69) is 0 Å². The summed E-state index contributed by atoms with van der Waals surface area (Å²) in [5, 5.41) is 1.54. The Morgan fingerprint density at radius 2 is 1.90 bits per heavy atom. The van der Waals surface area contributed by atoms with Crippen molar-refractivity contribution in [2.75, 3.05) is 7.05 Å². The number of nitrogens with one attached hydrogen (secondary N) is 1. The summed E-state index contributed by atoms with van der Waals surface area (Å²) in [4.78, 5) is 9.95. The second-order valence-electron chi connectivity index (χ2n) is 1.52. The van der Waals surface area contributed by atoms with Crippen molar-refractivity contribution in [2.45, 2.75) is 12.3 Å². The Hall–Kier alpha value is -0.810. The Morgan fingerprint density at radius 1 is 1.50 bits per heavy atom. The molecule has 1 unspecified atom stereocenters. The maximum absolute atomic E-state index is 11.8. The Bertz CT molecular complexity index is 132. The van der Waals surface area contributed by atoms with Gasteiger partial charge in [-0.1, -0.05) is 0 Å². The van der Waals surface area contributed by atoms with E-state index in [0.29, 0.717) is 0 Å². The van der Waals surface area contributed by atoms with Gasteiger partial charge in [0.1, 0.15) is 0 Å². The highest BCUT2D eigenvalue weighted by molar-refractivity contribution is 5.81. The van der Waals surface area contributed by atoms with Crippen molar-refractivity contribution in [2.24, 2.45) is 0 Å². The molecule has 0 radical (unpaired) electrons. The van der Waals surface area contributed by atoms with Crippen LogP contribution in [0.2, 0.25) is 0 Å². The molecule has 1 N–H and O–H groups in total. The first kappa shape index (κ1) is 9.19. The lowest BCUT2D eigenvalue weighted by molar-refractivity contribution is -0.186. The topological polar surface area (TPSA) is 29.1 Å². The first-order chi connectivity index (χ1) is 4.39. The van der Waals surface area contributed by atoms with E-state index < -0.39 is 18.3 Å². The summed E-state index contributed by atoms with van der Waals surface area (Å²) in [6.07, 6.45) is -8.52. The van der Waals surface area contributed by atoms with Crippen molar-refractivity contribution >= 4 is 5.91 Å². The summed E-state index contributed by atoms with van der Waals surface area (Å²) < 4.78 is 45.5. The molecule has 0 aromatic heterocycles. The maximum Gasteiger partial charge on any atom is 0.428 e. The molecular weight excluding hydrogens is 154 g/mol. The smallest absolute Gasteiger partial charge is 0.356 e. The quantitative estimate of drug-likeness (QED) is 0.558. The summed E-state index contributed by atoms with van der Waals surface area (Å²) >= 11 is 0. The minimum absolute atomic E-state index is 0.931. The zero-order valence-corrected chi connectivity index (χ0v) is 5.00. The number of halogens is 4. The molecule has 0 bridgehead atoms. The molecule has 0 saturated heterocycles. The second-order valence-corrected chi connectivity index (χ2v) is 1.52. The van der Waals surface area contributed by atoms with E-state index in [1.54, 1.807) is 0 Å². The van der Waals surface area contributed by atoms with Gasteiger partial charge in [-0.3, -0.25) is 4.79 Å². The fourth-order valence-electron chi connectivity index (χ4n) is 0.275. The maximum atomic E-state index is 11.8. The van der Waals surface area contributed by atoms with E-state index >= 15 is 0 Å². The summed E-state index contributed by atoms with van der Waals surface area (Å²) in [7, 11) is 0.931. The number of hydrogen-bond donors (Lipinski definition) is 1. The molecule has 0 heterocycles. The van der Waals surface area contributed by atoms with Gasteiger partial charge in [-0.05, 0) is 0 Å². The van der Waals surface area contributed by atoms with E-state index in [0.717, 1.165) is 7.05 Å². The van der Waals surface area contributed by atoms with Crippen LogP contribution in [0, 0.1) is 0 Å². The number of alkyl halides is 4. The van der Waals surface area contributed by atoms with Gasteiger partial charge in [0.05, 0.1) is 0 Å². The van der Waals surface area contributed by atoms with Crippen molar-refractivity contribution < 1.29 is 22.4 Å². The van der Waals surface area contributed by atoms with E-state index in [1.807, 2.05) is 0 Å². The van der Waals surface area contributed by atoms with Gasteiger partial charge in [-0.2, -0.15) is 13.2 Å². The molecule has 0 aliphatic rings. The van der Waals surface area contributed by atoms with E-state index in [4.69, 9.17) is 0 Å². The Kier molecular flexibility index (Phi) is 2.62. The molecule has 0 aromatic carbocycles. The third kappa shape index (κ3) is 2.20. The monoisotopic (exact) mass is 159 g/mol. The molecule has 0 aliphatic carbocycles. The molecule has 10 heavy (non-hydrogen) atoms. The van der Waals surface area contributed by atoms with Crippen molar-refractivity contribution in [3.05, 3.63) is 0 Å². The minimum Gasteiger partial charge on any atom is -0.356 e. The lowest BCUT2D eigenvalue weighted by Crippen LogP contribution is -2.39. The minimum atomic E-state index is -5.10. The average molecular weight is 159 g/mol. The van der Waals surface area contributed by atoms with Gasteiger partial charge >= 0.3 is 6.18 Å². The van der Waals surface area contributed by atoms with E-state index in [1.165, 1.54) is 5.32 Å². The molecule has 60 valence electrons. The molecule has 1 atom stereocenters. The number of hydrogen-bond acceptors (Lipinski definition) is 1. The zero-order valence-electron chi connectivity index (χ0n) is 5.00. The highest BCUT2D eigenvalue weighted by Crippen LogP contribution is 2.22. The zero-order chi connectivity index (χ0) is 8.36. The molecule has 1 amide bonds. The van der Waals surface area contributed by atoms with Crippen LogP contribution in [-0.4, -0.2) is 25.3 Å². The molecule has 0 rings (SSSR count). The Morgan fingerprint density at radius 3 is 2.00 bits per heavy atom. The predicted octanol–water partition coefficient (Wildman–Crippen LogP) is 0.633. The number of carbonyl (C=O) groups excluding carboxylic acids is 1. The van der Waals surface area contributed by atoms with Crippen LogP contribution in [0.5, 0.6) is 0 Å². The summed E-state index contributed by atoms with van der Waals surface area (Å²) in [5.74, 6) is -1.67. The van der Waals surface area contributed by atoms with Crippen LogP contribution in [0.25, 0.3) is 0 Å². The van der Waals surface area contributed by atoms with Gasteiger partial charge < -0.3 is 5.32 Å². The third-order valence-corrected chi connectivity index (χ3v) is 0.764. The predicted molar refractivity (Wildman–Crippen MR) is 25.0 cm³/mol. The normalized spacial score (nSPS) is 14.5. The van der Waals surface area contributed by atoms with E-state index in [-0.39, 0.29) is 0 Å². The van der Waals surface area contributed by atoms with Crippen molar-refractivity contribution in [1.29, 1.82) is 0 Å². The Balaban J connectivity index is 4.08. The standard InChI is InChI=1S/C4H5F4NO/c1-9-3(10)2(5)4(6,7)8/h2H,1H3,(H,9,10). The molecule has 0 saturated carbocycles. The summed E-state index contributed by atoms with van der Waals surface area (Å²) in [6, 6.07) is 0. The summed E-state index contributed by atoms with van der Waals surface area (Å²) in [6.45, 7) is 0. The van der Waals surface area contributed by atoms with Crippen molar-refractivity contribution in [1.82, 2.24) is 5.32 Å². The number of rotatable bonds is 1. The van der Waals surface area contributed by atoms with Crippen LogP contribution in [-0.2, 0) is 4.79 Å². The van der Waals surface area contributed by atoms with E-state index in [9.17, 15) is 22.4 Å². The van der Waals surface area contributed by atoms with Crippen molar-refractivity contribution in [3.63, 3.8) is 0 Å². The van der Waals surface area contributed by atoms with Gasteiger partial charge in [0.15, 0.2) is 0 Å². The van der Waals surface area contributed by atoms with Crippen LogP contribution in [0.4, 0.5) is 17.6 Å². The van der Waals surface area contributed by atoms with Gasteiger partial charge in [0, 0.05) is 7.05 Å². The lowest BCUT2D eigenvalue weighted by Gasteiger charge is -2.09. The van der Waals surface area contributed by atoms with Gasteiger partial charge in [0.25, 0.3) is 12.1 Å². The summed E-state index contributed by atoms with van der Waals surface area (Å²) in [5.41, 5.74) is 0. The molecule has 0 aliphatic heterocycles. The van der Waals surface area contributed by atoms with Gasteiger partial charge in [0.2, 0.25) is 0 Å². The number of amides is 1. The Labute approximate surface area is 54.2 Å². The average Bonchev–Trinajstić information content (AvgIpc) is 1.83. The lowest BCUT2D eigenvalue weighted by atomic mass is 10.3. The largest absolute Gasteiger partial charge is 0.428 e. The van der Waals surface area contributed by atoms with Gasteiger partial charge in [-0.15, -0.1) is 0 Å².